The van der Waals surface area contributed by atoms with Gasteiger partial charge in [-0.15, -0.1) is 0 Å². The molecular weight excluding hydrogens is 396 g/mol. The largest absolute Gasteiger partial charge is 0.444 e. The summed E-state index contributed by atoms with van der Waals surface area (Å²) in [4.78, 5) is 34.8. The number of nitrogens with zero attached hydrogens (tertiary/aromatic N) is 4. The average molecular weight is 427 g/mol. The molecule has 1 aromatic heterocycles. The first kappa shape index (κ1) is 21.5. The molecule has 2 aliphatic rings. The van der Waals surface area contributed by atoms with E-state index in [4.69, 9.17) is 9.15 Å². The first-order valence-electron chi connectivity index (χ1n) is 10.8. The number of benzene rings is 1. The van der Waals surface area contributed by atoms with Crippen LogP contribution in [0.3, 0.4) is 0 Å². The third-order valence-electron chi connectivity index (χ3n) is 6.11. The van der Waals surface area contributed by atoms with Crippen LogP contribution in [0.25, 0.3) is 11.5 Å². The Hall–Kier alpha value is -2.71. The van der Waals surface area contributed by atoms with Gasteiger partial charge in [-0.05, 0) is 25.0 Å². The Labute approximate surface area is 182 Å². The molecule has 0 unspecified atom stereocenters. The van der Waals surface area contributed by atoms with Crippen molar-refractivity contribution >= 4 is 11.8 Å². The quantitative estimate of drug-likeness (QED) is 0.728. The van der Waals surface area contributed by atoms with Crippen LogP contribution >= 0.6 is 0 Å². The highest BCUT2D eigenvalue weighted by atomic mass is 16.5. The van der Waals surface area contributed by atoms with E-state index in [1.807, 2.05) is 30.3 Å². The molecule has 0 N–H and O–H groups in total. The molecule has 0 bridgehead atoms. The number of carbonyl (C=O) groups is 2. The highest BCUT2D eigenvalue weighted by molar-refractivity contribution is 5.84. The van der Waals surface area contributed by atoms with Crippen molar-refractivity contribution in [2.45, 2.75) is 31.4 Å². The van der Waals surface area contributed by atoms with Crippen molar-refractivity contribution in [2.75, 3.05) is 46.9 Å². The lowest BCUT2D eigenvalue weighted by molar-refractivity contribution is -0.140. The summed E-state index contributed by atoms with van der Waals surface area (Å²) < 4.78 is 11.8. The monoisotopic (exact) mass is 426 g/mol. The lowest BCUT2D eigenvalue weighted by atomic mass is 9.90. The number of amides is 2. The van der Waals surface area contributed by atoms with Crippen LogP contribution in [0, 0.1) is 0 Å². The van der Waals surface area contributed by atoms with E-state index in [1.54, 1.807) is 25.3 Å². The number of ether oxygens (including phenoxy) is 1. The standard InChI is InChI=1S/C23H30N4O4/c1-25(2)21(29)15-27-17-23(31-13-8-20(27)28)9-11-26(12-10-23)14-19-16-30-22(24-19)18-6-4-3-5-7-18/h3-7,16H,8-15,17H2,1-2H3. The minimum absolute atomic E-state index is 0.00876. The predicted molar refractivity (Wildman–Crippen MR) is 115 cm³/mol. The Morgan fingerprint density at radius 3 is 2.65 bits per heavy atom. The molecule has 1 spiro atoms. The van der Waals surface area contributed by atoms with Crippen molar-refractivity contribution in [1.29, 1.82) is 0 Å². The normalized spacial score (nSPS) is 19.4. The molecule has 0 atom stereocenters. The molecule has 2 amide bonds. The zero-order valence-electron chi connectivity index (χ0n) is 18.2. The smallest absolute Gasteiger partial charge is 0.241 e. The Bertz CT molecular complexity index is 903. The number of carbonyl (C=O) groups excluding carboxylic acids is 2. The van der Waals surface area contributed by atoms with Gasteiger partial charge in [-0.1, -0.05) is 18.2 Å². The fourth-order valence-corrected chi connectivity index (χ4v) is 4.19. The number of likely N-dealkylation sites (N-methyl/N-ethyl adjacent to an activating group) is 1. The van der Waals surface area contributed by atoms with Crippen molar-refractivity contribution < 1.29 is 18.7 Å². The van der Waals surface area contributed by atoms with Crippen molar-refractivity contribution in [2.24, 2.45) is 0 Å². The number of hydrogen-bond acceptors (Lipinski definition) is 6. The Kier molecular flexibility index (Phi) is 6.38. The number of rotatable bonds is 5. The second-order valence-electron chi connectivity index (χ2n) is 8.61. The number of aromatic nitrogens is 1. The molecule has 166 valence electrons. The summed E-state index contributed by atoms with van der Waals surface area (Å²) in [6.07, 6.45) is 3.68. The van der Waals surface area contributed by atoms with Crippen molar-refractivity contribution in [1.82, 2.24) is 19.7 Å². The lowest BCUT2D eigenvalue weighted by Gasteiger charge is -2.42. The van der Waals surface area contributed by atoms with Crippen molar-refractivity contribution in [3.05, 3.63) is 42.3 Å². The molecule has 0 aliphatic carbocycles. The molecule has 2 aliphatic heterocycles. The minimum Gasteiger partial charge on any atom is -0.444 e. The van der Waals surface area contributed by atoms with Gasteiger partial charge in [-0.2, -0.15) is 0 Å². The highest BCUT2D eigenvalue weighted by Gasteiger charge is 2.41. The summed E-state index contributed by atoms with van der Waals surface area (Å²) in [5.41, 5.74) is 1.49. The predicted octanol–water partition coefficient (Wildman–Crippen LogP) is 2.01. The Morgan fingerprint density at radius 2 is 1.94 bits per heavy atom. The lowest BCUT2D eigenvalue weighted by Crippen LogP contribution is -2.53. The zero-order chi connectivity index (χ0) is 21.8. The van der Waals surface area contributed by atoms with Gasteiger partial charge in [-0.3, -0.25) is 14.5 Å². The summed E-state index contributed by atoms with van der Waals surface area (Å²) in [7, 11) is 3.42. The van der Waals surface area contributed by atoms with E-state index < -0.39 is 0 Å². The van der Waals surface area contributed by atoms with Crippen LogP contribution in [0.5, 0.6) is 0 Å². The van der Waals surface area contributed by atoms with E-state index in [9.17, 15) is 9.59 Å². The Morgan fingerprint density at radius 1 is 1.19 bits per heavy atom. The first-order chi connectivity index (χ1) is 14.9. The third-order valence-corrected chi connectivity index (χ3v) is 6.11. The van der Waals surface area contributed by atoms with Gasteiger partial charge in [0.05, 0.1) is 37.4 Å². The number of piperidine rings is 1. The van der Waals surface area contributed by atoms with Gasteiger partial charge in [0.15, 0.2) is 0 Å². The van der Waals surface area contributed by atoms with Gasteiger partial charge >= 0.3 is 0 Å². The molecule has 2 aromatic rings. The zero-order valence-corrected chi connectivity index (χ0v) is 18.2. The fourth-order valence-electron chi connectivity index (χ4n) is 4.19. The molecule has 4 rings (SSSR count). The summed E-state index contributed by atoms with van der Waals surface area (Å²) in [5, 5.41) is 0. The molecular formula is C23H30N4O4. The van der Waals surface area contributed by atoms with Crippen LogP contribution in [-0.2, 0) is 20.9 Å². The molecule has 31 heavy (non-hydrogen) atoms. The second kappa shape index (κ2) is 9.20. The maximum absolute atomic E-state index is 12.5. The average Bonchev–Trinajstić information content (AvgIpc) is 3.18. The minimum atomic E-state index is -0.381. The maximum atomic E-state index is 12.5. The molecule has 8 nitrogen and oxygen atoms in total. The van der Waals surface area contributed by atoms with Gasteiger partial charge in [0.1, 0.15) is 6.26 Å². The van der Waals surface area contributed by atoms with E-state index in [2.05, 4.69) is 9.88 Å². The van der Waals surface area contributed by atoms with E-state index in [-0.39, 0.29) is 24.0 Å². The Balaban J connectivity index is 1.35. The van der Waals surface area contributed by atoms with Crippen LogP contribution in [-0.4, -0.2) is 84.0 Å². The first-order valence-corrected chi connectivity index (χ1v) is 10.8. The molecule has 0 radical (unpaired) electrons. The van der Waals surface area contributed by atoms with Crippen LogP contribution in [0.15, 0.2) is 41.0 Å². The second-order valence-corrected chi connectivity index (χ2v) is 8.61. The topological polar surface area (TPSA) is 79.1 Å². The van der Waals surface area contributed by atoms with E-state index >= 15 is 0 Å². The van der Waals surface area contributed by atoms with Gasteiger partial charge in [0, 0.05) is 39.3 Å². The number of oxazole rings is 1. The van der Waals surface area contributed by atoms with Gasteiger partial charge in [0.25, 0.3) is 0 Å². The van der Waals surface area contributed by atoms with E-state index in [1.165, 1.54) is 4.90 Å². The summed E-state index contributed by atoms with van der Waals surface area (Å²) in [6, 6.07) is 9.87. The van der Waals surface area contributed by atoms with E-state index in [0.717, 1.165) is 37.2 Å². The third kappa shape index (κ3) is 5.14. The van der Waals surface area contributed by atoms with E-state index in [0.29, 0.717) is 32.0 Å². The molecule has 2 saturated heterocycles. The van der Waals surface area contributed by atoms with Gasteiger partial charge in [0.2, 0.25) is 17.7 Å². The van der Waals surface area contributed by atoms with Crippen LogP contribution in [0.1, 0.15) is 25.0 Å². The van der Waals surface area contributed by atoms with Crippen molar-refractivity contribution in [3.63, 3.8) is 0 Å². The molecule has 0 saturated carbocycles. The molecule has 2 fully saturated rings. The molecule has 3 heterocycles. The van der Waals surface area contributed by atoms with Crippen LogP contribution in [0.2, 0.25) is 0 Å². The fraction of sp³-hybridized carbons (Fsp3) is 0.522. The number of hydrogen-bond donors (Lipinski definition) is 0. The molecule has 8 heteroatoms. The van der Waals surface area contributed by atoms with Gasteiger partial charge in [-0.25, -0.2) is 4.98 Å². The summed E-state index contributed by atoms with van der Waals surface area (Å²) in [6.45, 7) is 3.40. The SMILES string of the molecule is CN(C)C(=O)CN1CC2(CCN(Cc3coc(-c4ccccc4)n3)CC2)OCCC1=O. The number of likely N-dealkylation sites (tertiary alicyclic amines) is 1. The van der Waals surface area contributed by atoms with Crippen LogP contribution < -0.4 is 0 Å². The summed E-state index contributed by atoms with van der Waals surface area (Å²) in [5.74, 6) is 0.560. The van der Waals surface area contributed by atoms with Gasteiger partial charge < -0.3 is 19.0 Å². The maximum Gasteiger partial charge on any atom is 0.241 e. The summed E-state index contributed by atoms with van der Waals surface area (Å²) >= 11 is 0. The highest BCUT2D eigenvalue weighted by Crippen LogP contribution is 2.31. The molecule has 1 aromatic carbocycles. The van der Waals surface area contributed by atoms with Crippen LogP contribution in [0.4, 0.5) is 0 Å². The van der Waals surface area contributed by atoms with Crippen molar-refractivity contribution in [3.8, 4) is 11.5 Å².